The summed E-state index contributed by atoms with van der Waals surface area (Å²) in [5.41, 5.74) is 1.56. The first-order valence-corrected chi connectivity index (χ1v) is 7.21. The van der Waals surface area contributed by atoms with E-state index in [-0.39, 0.29) is 18.4 Å². The Balaban J connectivity index is 2.30. The molecule has 5 nitrogen and oxygen atoms in total. The standard InChI is InChI=1S/C14H17BrN2O3/c1-9-4-3-5-10(12(9)15)14(19)17-6-7-20-8-11(17)13(18)16-2/h3-5,11H,6-8H2,1-2H3,(H,16,18). The van der Waals surface area contributed by atoms with Crippen LogP contribution in [-0.2, 0) is 9.53 Å². The third-order valence-corrected chi connectivity index (χ3v) is 4.41. The lowest BCUT2D eigenvalue weighted by atomic mass is 10.1. The minimum atomic E-state index is -0.575. The second-order valence-electron chi connectivity index (χ2n) is 4.64. The molecular weight excluding hydrogens is 324 g/mol. The Bertz CT molecular complexity index is 533. The summed E-state index contributed by atoms with van der Waals surface area (Å²) in [4.78, 5) is 26.1. The van der Waals surface area contributed by atoms with E-state index in [1.165, 1.54) is 0 Å². The van der Waals surface area contributed by atoms with Crippen molar-refractivity contribution in [2.45, 2.75) is 13.0 Å². The maximum Gasteiger partial charge on any atom is 0.255 e. The highest BCUT2D eigenvalue weighted by atomic mass is 79.9. The predicted molar refractivity (Wildman–Crippen MR) is 78.6 cm³/mol. The van der Waals surface area contributed by atoms with Crippen LogP contribution in [0.25, 0.3) is 0 Å². The number of aryl methyl sites for hydroxylation is 1. The predicted octanol–water partition coefficient (Wildman–Crippen LogP) is 1.34. The molecular formula is C14H17BrN2O3. The Kier molecular flexibility index (Phi) is 4.77. The number of hydrogen-bond donors (Lipinski definition) is 1. The zero-order valence-electron chi connectivity index (χ0n) is 11.5. The molecule has 108 valence electrons. The van der Waals surface area contributed by atoms with Gasteiger partial charge in [0.15, 0.2) is 0 Å². The van der Waals surface area contributed by atoms with Gasteiger partial charge in [0.05, 0.1) is 18.8 Å². The van der Waals surface area contributed by atoms with E-state index < -0.39 is 6.04 Å². The zero-order valence-corrected chi connectivity index (χ0v) is 13.1. The van der Waals surface area contributed by atoms with Crippen molar-refractivity contribution in [1.82, 2.24) is 10.2 Å². The molecule has 2 amide bonds. The smallest absolute Gasteiger partial charge is 0.255 e. The molecule has 6 heteroatoms. The van der Waals surface area contributed by atoms with Crippen LogP contribution in [0.2, 0.25) is 0 Å². The van der Waals surface area contributed by atoms with Gasteiger partial charge in [-0.05, 0) is 34.5 Å². The number of hydrogen-bond acceptors (Lipinski definition) is 3. The van der Waals surface area contributed by atoms with Gasteiger partial charge in [0.1, 0.15) is 6.04 Å². The number of halogens is 1. The van der Waals surface area contributed by atoms with Gasteiger partial charge >= 0.3 is 0 Å². The molecule has 1 unspecified atom stereocenters. The van der Waals surface area contributed by atoms with Crippen LogP contribution >= 0.6 is 15.9 Å². The van der Waals surface area contributed by atoms with Crippen molar-refractivity contribution in [3.63, 3.8) is 0 Å². The zero-order chi connectivity index (χ0) is 14.7. The van der Waals surface area contributed by atoms with Gasteiger partial charge in [0, 0.05) is 18.1 Å². The summed E-state index contributed by atoms with van der Waals surface area (Å²) in [6.45, 7) is 3.02. The molecule has 0 bridgehead atoms. The molecule has 1 N–H and O–H groups in total. The number of nitrogens with zero attached hydrogens (tertiary/aromatic N) is 1. The van der Waals surface area contributed by atoms with E-state index in [1.807, 2.05) is 19.1 Å². The first-order valence-electron chi connectivity index (χ1n) is 6.41. The van der Waals surface area contributed by atoms with Crippen LogP contribution in [0.1, 0.15) is 15.9 Å². The molecule has 0 saturated carbocycles. The lowest BCUT2D eigenvalue weighted by Gasteiger charge is -2.34. The molecule has 0 aliphatic carbocycles. The van der Waals surface area contributed by atoms with E-state index in [1.54, 1.807) is 18.0 Å². The molecule has 1 aromatic rings. The molecule has 1 atom stereocenters. The van der Waals surface area contributed by atoms with E-state index >= 15 is 0 Å². The highest BCUT2D eigenvalue weighted by Gasteiger charge is 2.33. The molecule has 0 radical (unpaired) electrons. The topological polar surface area (TPSA) is 58.6 Å². The minimum absolute atomic E-state index is 0.155. The Morgan fingerprint density at radius 3 is 2.90 bits per heavy atom. The highest BCUT2D eigenvalue weighted by molar-refractivity contribution is 9.10. The number of carbonyl (C=O) groups is 2. The number of carbonyl (C=O) groups excluding carboxylic acids is 2. The van der Waals surface area contributed by atoms with E-state index in [9.17, 15) is 9.59 Å². The van der Waals surface area contributed by atoms with Crippen molar-refractivity contribution in [2.24, 2.45) is 0 Å². The summed E-state index contributed by atoms with van der Waals surface area (Å²) < 4.78 is 6.08. The van der Waals surface area contributed by atoms with E-state index in [2.05, 4.69) is 21.2 Å². The Labute approximate surface area is 126 Å². The van der Waals surface area contributed by atoms with Crippen molar-refractivity contribution >= 4 is 27.7 Å². The van der Waals surface area contributed by atoms with Crippen molar-refractivity contribution < 1.29 is 14.3 Å². The van der Waals surface area contributed by atoms with Crippen LogP contribution in [0, 0.1) is 6.92 Å². The summed E-state index contributed by atoms with van der Waals surface area (Å²) in [7, 11) is 1.56. The van der Waals surface area contributed by atoms with E-state index in [0.717, 1.165) is 10.0 Å². The molecule has 2 rings (SSSR count). The second-order valence-corrected chi connectivity index (χ2v) is 5.43. The quantitative estimate of drug-likeness (QED) is 0.883. The number of likely N-dealkylation sites (N-methyl/N-ethyl adjacent to an activating group) is 1. The molecule has 1 saturated heterocycles. The van der Waals surface area contributed by atoms with Crippen LogP contribution in [0.5, 0.6) is 0 Å². The van der Waals surface area contributed by atoms with Crippen LogP contribution in [0.15, 0.2) is 22.7 Å². The van der Waals surface area contributed by atoms with Gasteiger partial charge in [-0.1, -0.05) is 12.1 Å². The number of nitrogens with one attached hydrogen (secondary N) is 1. The van der Waals surface area contributed by atoms with Gasteiger partial charge in [-0.15, -0.1) is 0 Å². The molecule has 1 aliphatic heterocycles. The second kappa shape index (κ2) is 6.37. The van der Waals surface area contributed by atoms with Crippen molar-refractivity contribution in [1.29, 1.82) is 0 Å². The fraction of sp³-hybridized carbons (Fsp3) is 0.429. The minimum Gasteiger partial charge on any atom is -0.377 e. The maximum absolute atomic E-state index is 12.7. The molecule has 1 aromatic carbocycles. The SMILES string of the molecule is CNC(=O)C1COCCN1C(=O)c1cccc(C)c1Br. The first-order chi connectivity index (χ1) is 9.56. The van der Waals surface area contributed by atoms with E-state index in [4.69, 9.17) is 4.74 Å². The van der Waals surface area contributed by atoms with Crippen LogP contribution < -0.4 is 5.32 Å². The molecule has 1 fully saturated rings. The average Bonchev–Trinajstić information content (AvgIpc) is 2.48. The van der Waals surface area contributed by atoms with Crippen molar-refractivity contribution in [2.75, 3.05) is 26.8 Å². The fourth-order valence-electron chi connectivity index (χ4n) is 2.20. The molecule has 0 spiro atoms. The third-order valence-electron chi connectivity index (χ3n) is 3.36. The number of morpholine rings is 1. The highest BCUT2D eigenvalue weighted by Crippen LogP contribution is 2.24. The van der Waals surface area contributed by atoms with Gasteiger partial charge in [-0.3, -0.25) is 9.59 Å². The van der Waals surface area contributed by atoms with E-state index in [0.29, 0.717) is 18.7 Å². The third kappa shape index (κ3) is 2.86. The van der Waals surface area contributed by atoms with Gasteiger partial charge in [-0.2, -0.15) is 0 Å². The van der Waals surface area contributed by atoms with Crippen LogP contribution in [-0.4, -0.2) is 49.6 Å². The summed E-state index contributed by atoms with van der Waals surface area (Å²) in [6.07, 6.45) is 0. The summed E-state index contributed by atoms with van der Waals surface area (Å²) in [5, 5.41) is 2.57. The van der Waals surface area contributed by atoms with Gasteiger partial charge in [0.2, 0.25) is 5.91 Å². The Morgan fingerprint density at radius 1 is 1.45 bits per heavy atom. The fourth-order valence-corrected chi connectivity index (χ4v) is 2.63. The van der Waals surface area contributed by atoms with Gasteiger partial charge in [0.25, 0.3) is 5.91 Å². The molecule has 1 heterocycles. The summed E-state index contributed by atoms with van der Waals surface area (Å²) >= 11 is 3.44. The number of ether oxygens (including phenoxy) is 1. The Morgan fingerprint density at radius 2 is 2.20 bits per heavy atom. The number of amides is 2. The van der Waals surface area contributed by atoms with Crippen molar-refractivity contribution in [3.8, 4) is 0 Å². The monoisotopic (exact) mass is 340 g/mol. The van der Waals surface area contributed by atoms with Crippen molar-refractivity contribution in [3.05, 3.63) is 33.8 Å². The van der Waals surface area contributed by atoms with Crippen LogP contribution in [0.3, 0.4) is 0 Å². The molecule has 1 aliphatic rings. The van der Waals surface area contributed by atoms with Crippen LogP contribution in [0.4, 0.5) is 0 Å². The van der Waals surface area contributed by atoms with Gasteiger partial charge in [-0.25, -0.2) is 0 Å². The summed E-state index contributed by atoms with van der Waals surface area (Å²) in [5.74, 6) is -0.362. The Hall–Kier alpha value is -1.40. The maximum atomic E-state index is 12.7. The summed E-state index contributed by atoms with van der Waals surface area (Å²) in [6, 6.07) is 4.95. The first kappa shape index (κ1) is 15.0. The lowest BCUT2D eigenvalue weighted by molar-refractivity contribution is -0.130. The normalized spacial score (nSPS) is 18.8. The number of rotatable bonds is 2. The molecule has 0 aromatic heterocycles. The largest absolute Gasteiger partial charge is 0.377 e. The lowest BCUT2D eigenvalue weighted by Crippen LogP contribution is -2.55. The molecule has 20 heavy (non-hydrogen) atoms. The average molecular weight is 341 g/mol. The number of benzene rings is 1. The van der Waals surface area contributed by atoms with Gasteiger partial charge < -0.3 is 15.0 Å².